The Labute approximate surface area is 303 Å². The van der Waals surface area contributed by atoms with Crippen molar-refractivity contribution in [1.82, 2.24) is 19.6 Å². The molecule has 0 saturated carbocycles. The first-order valence-corrected chi connectivity index (χ1v) is 18.6. The molecule has 0 aliphatic carbocycles. The first-order valence-electron chi connectivity index (χ1n) is 17.6. The molecule has 8 atom stereocenters. The Bertz CT molecular complexity index is 1390. The van der Waals surface area contributed by atoms with E-state index in [0.29, 0.717) is 44.7 Å². The predicted molar refractivity (Wildman–Crippen MR) is 190 cm³/mol. The van der Waals surface area contributed by atoms with Gasteiger partial charge in [0.25, 0.3) is 0 Å². The highest BCUT2D eigenvalue weighted by Gasteiger charge is 2.77. The molecule has 4 heterocycles. The number of hydrogen-bond donors (Lipinski definition) is 1. The number of hydrogen-bond acceptors (Lipinski definition) is 9. The molecule has 4 aliphatic rings. The van der Waals surface area contributed by atoms with Crippen LogP contribution in [0.4, 0.5) is 0 Å². The smallest absolute Gasteiger partial charge is 0.313 e. The van der Waals surface area contributed by atoms with Gasteiger partial charge in [0.05, 0.1) is 37.2 Å². The summed E-state index contributed by atoms with van der Waals surface area (Å²) in [6.45, 7) is 13.6. The molecule has 0 aromatic heterocycles. The first kappa shape index (κ1) is 38.1. The lowest BCUT2D eigenvalue weighted by molar-refractivity contribution is -0.164. The lowest BCUT2D eigenvalue weighted by atomic mass is 9.70. The number of allylic oxidation sites excluding steroid dienone is 1. The van der Waals surface area contributed by atoms with Crippen LogP contribution in [0.3, 0.4) is 0 Å². The van der Waals surface area contributed by atoms with Crippen LogP contribution in [0, 0.1) is 11.8 Å². The number of nitrogens with zero attached hydrogens (tertiary/aromatic N) is 4. The van der Waals surface area contributed by atoms with Crippen LogP contribution in [0.25, 0.3) is 0 Å². The Morgan fingerprint density at radius 1 is 1.16 bits per heavy atom. The Morgan fingerprint density at radius 3 is 2.54 bits per heavy atom. The molecule has 4 fully saturated rings. The molecule has 1 N–H and O–H groups in total. The van der Waals surface area contributed by atoms with Crippen molar-refractivity contribution in [3.05, 3.63) is 61.2 Å². The van der Waals surface area contributed by atoms with Crippen LogP contribution in [0.2, 0.25) is 0 Å². The summed E-state index contributed by atoms with van der Waals surface area (Å²) in [5.41, 5.74) is -0.558. The van der Waals surface area contributed by atoms with E-state index in [2.05, 4.69) is 34.0 Å². The molecule has 3 amide bonds. The summed E-state index contributed by atoms with van der Waals surface area (Å²) in [5.74, 6) is -3.29. The zero-order valence-corrected chi connectivity index (χ0v) is 30.7. The van der Waals surface area contributed by atoms with E-state index >= 15 is 0 Å². The van der Waals surface area contributed by atoms with Crippen LogP contribution in [0.5, 0.6) is 0 Å². The first-order chi connectivity index (χ1) is 24.1. The molecular formula is C37H51BrN4O8. The standard InChI is InChI=1S/C37H51BrN4O8/c1-5-7-14-28(44)39(4)25(3)31(26-12-9-8-10-13-26)49-36(47)29-30-34(45)42(16-11-21-43)33(37(30)24-27(38)32(29)50-37)35(46)41(15-6-2)18-17-40-19-22-48-23-20-40/h5-6,8-10,12-13,25,27,29-33,43H,1-2,7,11,14-24H2,3-4H3/t25-,27?,29+,30-,31+,32+,33+,37-/m1/s1. The van der Waals surface area contributed by atoms with Gasteiger partial charge in [-0.15, -0.1) is 13.2 Å². The normalized spacial score (nSPS) is 28.5. The lowest BCUT2D eigenvalue weighted by Gasteiger charge is -2.38. The SMILES string of the molecule is C=CCCC(=O)N(C)[C@H](C)[C@H](OC(=O)[C@@H]1[C@H]2O[C@@]3(CC2Br)[C@H](C(=O)N(CC=C)CCN2CCOCC2)N(CCCO)C(=O)[C@@H]13)c1ccccc1. The van der Waals surface area contributed by atoms with Gasteiger partial charge in [-0.1, -0.05) is 58.4 Å². The van der Waals surface area contributed by atoms with Gasteiger partial charge >= 0.3 is 5.97 Å². The highest BCUT2D eigenvalue weighted by molar-refractivity contribution is 9.09. The molecule has 4 aliphatic heterocycles. The summed E-state index contributed by atoms with van der Waals surface area (Å²) in [6.07, 6.45) is 3.25. The van der Waals surface area contributed by atoms with E-state index in [1.807, 2.05) is 37.3 Å². The molecule has 5 rings (SSSR count). The third-order valence-electron chi connectivity index (χ3n) is 10.7. The molecule has 1 spiro atoms. The predicted octanol–water partition coefficient (Wildman–Crippen LogP) is 2.56. The second-order valence-corrected chi connectivity index (χ2v) is 14.8. The van der Waals surface area contributed by atoms with E-state index < -0.39 is 47.7 Å². The van der Waals surface area contributed by atoms with E-state index in [-0.39, 0.29) is 55.1 Å². The zero-order chi connectivity index (χ0) is 36.0. The average molecular weight is 760 g/mol. The van der Waals surface area contributed by atoms with Crippen molar-refractivity contribution >= 4 is 39.6 Å². The number of aliphatic hydroxyl groups is 1. The number of carbonyl (C=O) groups excluding carboxylic acids is 4. The van der Waals surface area contributed by atoms with E-state index in [4.69, 9.17) is 14.2 Å². The molecule has 1 aromatic carbocycles. The minimum absolute atomic E-state index is 0.110. The average Bonchev–Trinajstić information content (AvgIpc) is 3.73. The Balaban J connectivity index is 1.44. The van der Waals surface area contributed by atoms with E-state index in [9.17, 15) is 24.3 Å². The number of alkyl halides is 1. The van der Waals surface area contributed by atoms with Crippen LogP contribution >= 0.6 is 15.9 Å². The molecule has 12 nitrogen and oxygen atoms in total. The molecule has 0 radical (unpaired) electrons. The number of fused-ring (bicyclic) bond motifs is 1. The molecular weight excluding hydrogens is 708 g/mol. The summed E-state index contributed by atoms with van der Waals surface area (Å²) in [5, 5.41) is 9.76. The Morgan fingerprint density at radius 2 is 1.88 bits per heavy atom. The van der Waals surface area contributed by atoms with E-state index in [1.165, 1.54) is 4.90 Å². The molecule has 50 heavy (non-hydrogen) atoms. The fraction of sp³-hybridized carbons (Fsp3) is 0.622. The Hall–Kier alpha value is -3.10. The Kier molecular flexibility index (Phi) is 12.9. The largest absolute Gasteiger partial charge is 0.455 e. The summed E-state index contributed by atoms with van der Waals surface area (Å²) >= 11 is 3.74. The number of amides is 3. The van der Waals surface area contributed by atoms with Gasteiger partial charge in [0.2, 0.25) is 17.7 Å². The number of ether oxygens (including phenoxy) is 3. The van der Waals surface area contributed by atoms with Crippen molar-refractivity contribution in [3.8, 4) is 0 Å². The number of carbonyl (C=O) groups is 4. The summed E-state index contributed by atoms with van der Waals surface area (Å²) in [7, 11) is 1.69. The summed E-state index contributed by atoms with van der Waals surface area (Å²) in [4.78, 5) is 63.3. The number of likely N-dealkylation sites (tertiary alicyclic amines) is 1. The van der Waals surface area contributed by atoms with Crippen LogP contribution in [-0.2, 0) is 33.4 Å². The minimum Gasteiger partial charge on any atom is -0.455 e. The number of aliphatic hydroxyl groups excluding tert-OH is 1. The van der Waals surface area contributed by atoms with Crippen LogP contribution in [0.15, 0.2) is 55.6 Å². The van der Waals surface area contributed by atoms with Crippen molar-refractivity contribution in [3.63, 3.8) is 0 Å². The summed E-state index contributed by atoms with van der Waals surface area (Å²) in [6, 6.07) is 7.73. The second-order valence-electron chi connectivity index (χ2n) is 13.6. The highest BCUT2D eigenvalue weighted by atomic mass is 79.9. The number of halogens is 1. The fourth-order valence-corrected chi connectivity index (χ4v) is 8.93. The van der Waals surface area contributed by atoms with Crippen molar-refractivity contribution in [1.29, 1.82) is 0 Å². The molecule has 13 heteroatoms. The van der Waals surface area contributed by atoms with E-state index in [1.54, 1.807) is 29.0 Å². The van der Waals surface area contributed by atoms with Crippen molar-refractivity contribution < 1.29 is 38.5 Å². The van der Waals surface area contributed by atoms with Crippen LogP contribution in [0.1, 0.15) is 44.3 Å². The summed E-state index contributed by atoms with van der Waals surface area (Å²) < 4.78 is 18.5. The molecule has 4 saturated heterocycles. The monoisotopic (exact) mass is 758 g/mol. The third-order valence-corrected chi connectivity index (χ3v) is 11.5. The zero-order valence-electron chi connectivity index (χ0n) is 29.2. The van der Waals surface area contributed by atoms with Gasteiger partial charge in [-0.25, -0.2) is 0 Å². The highest BCUT2D eigenvalue weighted by Crippen LogP contribution is 2.60. The second kappa shape index (κ2) is 16.9. The number of benzene rings is 1. The minimum atomic E-state index is -1.27. The van der Waals surface area contributed by atoms with Crippen molar-refractivity contribution in [2.24, 2.45) is 11.8 Å². The van der Waals surface area contributed by atoms with E-state index in [0.717, 1.165) is 13.1 Å². The van der Waals surface area contributed by atoms with Gasteiger partial charge < -0.3 is 34.0 Å². The van der Waals surface area contributed by atoms with Crippen molar-refractivity contribution in [2.45, 2.75) is 67.3 Å². The maximum absolute atomic E-state index is 14.6. The molecule has 274 valence electrons. The van der Waals surface area contributed by atoms with Gasteiger partial charge in [0, 0.05) is 64.2 Å². The number of morpholine rings is 1. The molecule has 1 aromatic rings. The molecule has 1 unspecified atom stereocenters. The third kappa shape index (κ3) is 7.57. The maximum Gasteiger partial charge on any atom is 0.313 e. The number of likely N-dealkylation sites (N-methyl/N-ethyl adjacent to an activating group) is 1. The van der Waals surface area contributed by atoms with Gasteiger partial charge in [0.1, 0.15) is 17.7 Å². The topological polar surface area (TPSA) is 129 Å². The van der Waals surface area contributed by atoms with Gasteiger partial charge in [-0.2, -0.15) is 0 Å². The lowest BCUT2D eigenvalue weighted by Crippen LogP contribution is -2.57. The van der Waals surface area contributed by atoms with Crippen LogP contribution < -0.4 is 0 Å². The van der Waals surface area contributed by atoms with Gasteiger partial charge in [-0.05, 0) is 31.7 Å². The number of rotatable bonds is 17. The van der Waals surface area contributed by atoms with Gasteiger partial charge in [-0.3, -0.25) is 24.1 Å². The molecule has 2 bridgehead atoms. The van der Waals surface area contributed by atoms with Crippen LogP contribution in [-0.4, -0.2) is 143 Å². The maximum atomic E-state index is 14.6. The fourth-order valence-electron chi connectivity index (χ4n) is 7.99. The van der Waals surface area contributed by atoms with Crippen molar-refractivity contribution in [2.75, 3.05) is 66.1 Å². The quantitative estimate of drug-likeness (QED) is 0.145. The van der Waals surface area contributed by atoms with Gasteiger partial charge in [0.15, 0.2) is 0 Å². The number of esters is 1.